The third-order valence-electron chi connectivity index (χ3n) is 6.35. The van der Waals surface area contributed by atoms with Crippen molar-refractivity contribution in [3.05, 3.63) is 59.7 Å². The molecule has 1 aliphatic carbocycles. The van der Waals surface area contributed by atoms with E-state index in [1.165, 1.54) is 0 Å². The van der Waals surface area contributed by atoms with Gasteiger partial charge in [0.25, 0.3) is 5.91 Å². The Bertz CT molecular complexity index is 1090. The summed E-state index contributed by atoms with van der Waals surface area (Å²) in [5, 5.41) is 11.7. The first kappa shape index (κ1) is 22.4. The van der Waals surface area contributed by atoms with Crippen LogP contribution in [-0.4, -0.2) is 53.7 Å². The van der Waals surface area contributed by atoms with Crippen LogP contribution in [0.25, 0.3) is 11.1 Å². The second-order valence-electron chi connectivity index (χ2n) is 8.39. The summed E-state index contributed by atoms with van der Waals surface area (Å²) in [7, 11) is 0. The fourth-order valence-corrected chi connectivity index (χ4v) is 4.66. The van der Waals surface area contributed by atoms with Gasteiger partial charge in [-0.2, -0.15) is 0 Å². The minimum Gasteiger partial charge on any atom is -0.481 e. The fourth-order valence-electron chi connectivity index (χ4n) is 4.66. The largest absolute Gasteiger partial charge is 0.481 e. The monoisotopic (exact) mass is 446 g/mol. The maximum atomic E-state index is 12.3. The molecule has 1 saturated heterocycles. The lowest BCUT2D eigenvalue weighted by atomic mass is 9.92. The van der Waals surface area contributed by atoms with Crippen molar-refractivity contribution in [3.63, 3.8) is 0 Å². The summed E-state index contributed by atoms with van der Waals surface area (Å²) in [6.07, 6.45) is 0.250. The average Bonchev–Trinajstić information content (AvgIpc) is 3.14. The molecule has 2 aromatic carbocycles. The van der Waals surface area contributed by atoms with Gasteiger partial charge >= 0.3 is 12.1 Å². The quantitative estimate of drug-likeness (QED) is 0.703. The minimum atomic E-state index is -0.827. The molecule has 7 nitrogen and oxygen atoms in total. The van der Waals surface area contributed by atoms with Gasteiger partial charge < -0.3 is 20.1 Å². The molecule has 170 valence electrons. The number of benzene rings is 2. The highest BCUT2D eigenvalue weighted by atomic mass is 16.5. The summed E-state index contributed by atoms with van der Waals surface area (Å²) in [5.74, 6) is 3.55. The number of carboxylic acid groups (broad SMARTS) is 1. The Hall–Kier alpha value is -3.79. The molecule has 0 radical (unpaired) electrons. The first-order chi connectivity index (χ1) is 16.0. The van der Waals surface area contributed by atoms with Crippen LogP contribution >= 0.6 is 0 Å². The van der Waals surface area contributed by atoms with E-state index >= 15 is 0 Å². The molecule has 0 bridgehead atoms. The molecule has 2 atom stereocenters. The van der Waals surface area contributed by atoms with E-state index in [1.54, 1.807) is 4.90 Å². The molecule has 4 rings (SSSR count). The number of likely N-dealkylation sites (tertiary alicyclic amines) is 1. The third kappa shape index (κ3) is 4.85. The number of nitrogens with one attached hydrogen (secondary N) is 1. The molecular weight excluding hydrogens is 420 g/mol. The molecule has 0 spiro atoms. The predicted molar refractivity (Wildman–Crippen MR) is 122 cm³/mol. The fraction of sp³-hybridized carbons (Fsp3) is 0.346. The van der Waals surface area contributed by atoms with Crippen LogP contribution in [0.2, 0.25) is 0 Å². The molecule has 0 aromatic heterocycles. The van der Waals surface area contributed by atoms with Crippen LogP contribution < -0.4 is 5.32 Å². The SMILES string of the molecule is CC1CC(C(=O)O)CCN1C(=O)C#CCNC(=O)OCC1c2ccccc2-c2ccccc21. The number of alkyl carbamates (subject to hydrolysis) is 1. The van der Waals surface area contributed by atoms with Crippen molar-refractivity contribution in [1.82, 2.24) is 10.2 Å². The number of piperidine rings is 1. The number of carbonyl (C=O) groups excluding carboxylic acids is 2. The van der Waals surface area contributed by atoms with Crippen molar-refractivity contribution in [2.24, 2.45) is 5.92 Å². The van der Waals surface area contributed by atoms with Crippen molar-refractivity contribution in [2.75, 3.05) is 19.7 Å². The summed E-state index contributed by atoms with van der Waals surface area (Å²) < 4.78 is 5.45. The molecule has 1 fully saturated rings. The number of hydrogen-bond donors (Lipinski definition) is 2. The van der Waals surface area contributed by atoms with Crippen LogP contribution in [0.1, 0.15) is 36.8 Å². The van der Waals surface area contributed by atoms with E-state index in [4.69, 9.17) is 9.84 Å². The number of carbonyl (C=O) groups is 3. The molecule has 1 heterocycles. The third-order valence-corrected chi connectivity index (χ3v) is 6.35. The summed E-state index contributed by atoms with van der Waals surface area (Å²) in [5.41, 5.74) is 4.59. The lowest BCUT2D eigenvalue weighted by Crippen LogP contribution is -2.45. The van der Waals surface area contributed by atoms with E-state index in [1.807, 2.05) is 31.2 Å². The van der Waals surface area contributed by atoms with Crippen LogP contribution in [0, 0.1) is 17.8 Å². The van der Waals surface area contributed by atoms with Gasteiger partial charge in [-0.25, -0.2) is 4.79 Å². The maximum Gasteiger partial charge on any atom is 0.407 e. The van der Waals surface area contributed by atoms with E-state index in [9.17, 15) is 14.4 Å². The van der Waals surface area contributed by atoms with Crippen LogP contribution in [0.15, 0.2) is 48.5 Å². The van der Waals surface area contributed by atoms with Crippen molar-refractivity contribution in [2.45, 2.75) is 31.7 Å². The van der Waals surface area contributed by atoms with Gasteiger partial charge in [0.2, 0.25) is 0 Å². The summed E-state index contributed by atoms with van der Waals surface area (Å²) in [4.78, 5) is 37.2. The number of hydrogen-bond acceptors (Lipinski definition) is 4. The molecule has 2 unspecified atom stereocenters. The number of nitrogens with zero attached hydrogens (tertiary/aromatic N) is 1. The molecule has 2 aromatic rings. The van der Waals surface area contributed by atoms with E-state index < -0.39 is 18.0 Å². The first-order valence-corrected chi connectivity index (χ1v) is 11.1. The van der Waals surface area contributed by atoms with Crippen molar-refractivity contribution < 1.29 is 24.2 Å². The first-order valence-electron chi connectivity index (χ1n) is 11.1. The second-order valence-corrected chi connectivity index (χ2v) is 8.39. The predicted octanol–water partition coefficient (Wildman–Crippen LogP) is 3.24. The molecule has 1 aliphatic heterocycles. The van der Waals surface area contributed by atoms with Gasteiger partial charge in [0, 0.05) is 18.5 Å². The lowest BCUT2D eigenvalue weighted by Gasteiger charge is -2.34. The van der Waals surface area contributed by atoms with Crippen LogP contribution in [-0.2, 0) is 14.3 Å². The van der Waals surface area contributed by atoms with Crippen LogP contribution in [0.4, 0.5) is 4.79 Å². The zero-order valence-corrected chi connectivity index (χ0v) is 18.4. The van der Waals surface area contributed by atoms with Crippen LogP contribution in [0.5, 0.6) is 0 Å². The van der Waals surface area contributed by atoms with Crippen molar-refractivity contribution in [1.29, 1.82) is 0 Å². The van der Waals surface area contributed by atoms with Crippen LogP contribution in [0.3, 0.4) is 0 Å². The summed E-state index contributed by atoms with van der Waals surface area (Å²) in [6, 6.07) is 16.0. The Morgan fingerprint density at radius 2 is 1.73 bits per heavy atom. The molecule has 7 heteroatoms. The van der Waals surface area contributed by atoms with Gasteiger partial charge in [0.05, 0.1) is 12.5 Å². The number of amides is 2. The van der Waals surface area contributed by atoms with Gasteiger partial charge in [-0.15, -0.1) is 0 Å². The van der Waals surface area contributed by atoms with E-state index in [0.717, 1.165) is 22.3 Å². The number of fused-ring (bicyclic) bond motifs is 3. The highest BCUT2D eigenvalue weighted by Crippen LogP contribution is 2.44. The van der Waals surface area contributed by atoms with Gasteiger partial charge in [-0.1, -0.05) is 54.5 Å². The highest BCUT2D eigenvalue weighted by Gasteiger charge is 2.32. The van der Waals surface area contributed by atoms with E-state index in [-0.39, 0.29) is 31.0 Å². The van der Waals surface area contributed by atoms with E-state index in [2.05, 4.69) is 41.4 Å². The topological polar surface area (TPSA) is 95.9 Å². The van der Waals surface area contributed by atoms with Crippen molar-refractivity contribution in [3.8, 4) is 23.0 Å². The smallest absolute Gasteiger partial charge is 0.407 e. The molecule has 33 heavy (non-hydrogen) atoms. The Labute approximate surface area is 192 Å². The number of carboxylic acids is 1. The van der Waals surface area contributed by atoms with Gasteiger partial charge in [0.15, 0.2) is 0 Å². The molecular formula is C26H26N2O5. The van der Waals surface area contributed by atoms with Gasteiger partial charge in [-0.05, 0) is 47.9 Å². The zero-order valence-electron chi connectivity index (χ0n) is 18.4. The Morgan fingerprint density at radius 1 is 1.09 bits per heavy atom. The molecule has 2 N–H and O–H groups in total. The number of rotatable bonds is 4. The molecule has 2 amide bonds. The molecule has 0 saturated carbocycles. The Morgan fingerprint density at radius 3 is 2.33 bits per heavy atom. The normalized spacial score (nSPS) is 19.0. The highest BCUT2D eigenvalue weighted by molar-refractivity contribution is 5.94. The molecule has 2 aliphatic rings. The minimum absolute atomic E-state index is 0.0115. The second kappa shape index (κ2) is 9.78. The Kier molecular flexibility index (Phi) is 6.64. The number of aliphatic carboxylic acids is 1. The average molecular weight is 447 g/mol. The summed E-state index contributed by atoms with van der Waals surface area (Å²) in [6.45, 7) is 2.39. The standard InChI is InChI=1S/C26H26N2O5/c1-17-15-18(25(30)31)12-14-28(17)24(29)11-6-13-27-26(32)33-16-23-21-9-4-2-7-19(21)20-8-3-5-10-22(20)23/h2-5,7-10,17-18,23H,12-16H2,1H3,(H,27,32)(H,30,31). The zero-order chi connectivity index (χ0) is 23.4. The van der Waals surface area contributed by atoms with Crippen molar-refractivity contribution >= 4 is 18.0 Å². The van der Waals surface area contributed by atoms with Gasteiger partial charge in [-0.3, -0.25) is 9.59 Å². The van der Waals surface area contributed by atoms with E-state index in [0.29, 0.717) is 19.4 Å². The summed E-state index contributed by atoms with van der Waals surface area (Å²) >= 11 is 0. The van der Waals surface area contributed by atoms with Gasteiger partial charge in [0.1, 0.15) is 6.61 Å². The number of ether oxygens (including phenoxy) is 1. The lowest BCUT2D eigenvalue weighted by molar-refractivity contribution is -0.146. The Balaban J connectivity index is 1.26. The maximum absolute atomic E-state index is 12.3.